The Kier molecular flexibility index (Phi) is 3.64. The lowest BCUT2D eigenvalue weighted by atomic mass is 10.1. The minimum absolute atomic E-state index is 0.0460. The molecular weight excluding hydrogens is 296 g/mol. The van der Waals surface area contributed by atoms with Gasteiger partial charge in [-0.15, -0.1) is 0 Å². The number of phenols is 1. The number of hydrogen-bond donors (Lipinski definition) is 2. The van der Waals surface area contributed by atoms with E-state index in [1.807, 2.05) is 6.07 Å². The van der Waals surface area contributed by atoms with Crippen LogP contribution in [0, 0.1) is 10.1 Å². The summed E-state index contributed by atoms with van der Waals surface area (Å²) in [5.74, 6) is -0.00487. The van der Waals surface area contributed by atoms with Gasteiger partial charge in [0, 0.05) is 29.2 Å². The Hall–Kier alpha value is -3.41. The summed E-state index contributed by atoms with van der Waals surface area (Å²) in [5, 5.41) is 31.4. The highest BCUT2D eigenvalue weighted by Gasteiger charge is 2.07. The standard InChI is InChI=1S/C17H12N2O4/c20-15-3-1-2-12-4-7-13(18-17(12)15)10-16(21)11-5-8-14(9-6-11)19(22)23/h1-10,20-21H/b16-10+. The molecule has 0 aliphatic carbocycles. The summed E-state index contributed by atoms with van der Waals surface area (Å²) in [5.41, 5.74) is 1.30. The van der Waals surface area contributed by atoms with Crippen molar-refractivity contribution in [3.63, 3.8) is 0 Å². The Balaban J connectivity index is 1.96. The first kappa shape index (κ1) is 14.5. The molecule has 0 aliphatic heterocycles. The molecule has 0 aliphatic rings. The molecule has 3 rings (SSSR count). The Morgan fingerprint density at radius 2 is 1.83 bits per heavy atom. The van der Waals surface area contributed by atoms with Gasteiger partial charge < -0.3 is 10.2 Å². The van der Waals surface area contributed by atoms with E-state index in [0.29, 0.717) is 16.8 Å². The number of aliphatic hydroxyl groups is 1. The van der Waals surface area contributed by atoms with E-state index in [4.69, 9.17) is 0 Å². The van der Waals surface area contributed by atoms with Gasteiger partial charge in [-0.25, -0.2) is 4.98 Å². The van der Waals surface area contributed by atoms with Gasteiger partial charge in [-0.05, 0) is 24.3 Å². The second-order valence-electron chi connectivity index (χ2n) is 4.92. The van der Waals surface area contributed by atoms with Crippen molar-refractivity contribution in [2.45, 2.75) is 0 Å². The van der Waals surface area contributed by atoms with Crippen molar-refractivity contribution in [1.82, 2.24) is 4.98 Å². The molecule has 3 aromatic rings. The zero-order chi connectivity index (χ0) is 16.4. The summed E-state index contributed by atoms with van der Waals surface area (Å²) in [4.78, 5) is 14.4. The third-order valence-corrected chi connectivity index (χ3v) is 3.38. The van der Waals surface area contributed by atoms with Crippen molar-refractivity contribution < 1.29 is 15.1 Å². The van der Waals surface area contributed by atoms with Gasteiger partial charge in [-0.1, -0.05) is 18.2 Å². The highest BCUT2D eigenvalue weighted by atomic mass is 16.6. The number of pyridine rings is 1. The fourth-order valence-electron chi connectivity index (χ4n) is 2.20. The van der Waals surface area contributed by atoms with E-state index < -0.39 is 4.92 Å². The van der Waals surface area contributed by atoms with Crippen LogP contribution in [0.4, 0.5) is 5.69 Å². The molecule has 0 fully saturated rings. The smallest absolute Gasteiger partial charge is 0.269 e. The van der Waals surface area contributed by atoms with Crippen molar-refractivity contribution in [2.24, 2.45) is 0 Å². The summed E-state index contributed by atoms with van der Waals surface area (Å²) in [6, 6.07) is 14.2. The first-order valence-corrected chi connectivity index (χ1v) is 6.79. The number of aromatic nitrogens is 1. The van der Waals surface area contributed by atoms with E-state index in [1.165, 1.54) is 30.3 Å². The van der Waals surface area contributed by atoms with Crippen LogP contribution < -0.4 is 0 Å². The molecule has 0 amide bonds. The zero-order valence-corrected chi connectivity index (χ0v) is 11.9. The van der Waals surface area contributed by atoms with Gasteiger partial charge in [0.1, 0.15) is 17.0 Å². The molecule has 0 unspecified atom stereocenters. The molecule has 6 heteroatoms. The number of fused-ring (bicyclic) bond motifs is 1. The summed E-state index contributed by atoms with van der Waals surface area (Å²) < 4.78 is 0. The Labute approximate surface area is 131 Å². The number of phenolic OH excluding ortho intramolecular Hbond substituents is 1. The monoisotopic (exact) mass is 308 g/mol. The third kappa shape index (κ3) is 2.96. The average molecular weight is 308 g/mol. The first-order chi connectivity index (χ1) is 11.0. The molecule has 1 heterocycles. The van der Waals surface area contributed by atoms with Crippen molar-refractivity contribution in [3.8, 4) is 5.75 Å². The molecule has 0 atom stereocenters. The van der Waals surface area contributed by atoms with Gasteiger partial charge in [0.05, 0.1) is 10.6 Å². The van der Waals surface area contributed by atoms with Gasteiger partial charge in [0.2, 0.25) is 0 Å². The molecule has 0 spiro atoms. The summed E-state index contributed by atoms with van der Waals surface area (Å²) in [6.07, 6.45) is 1.44. The largest absolute Gasteiger partial charge is 0.507 e. The maximum absolute atomic E-state index is 10.6. The van der Waals surface area contributed by atoms with Crippen LogP contribution in [0.2, 0.25) is 0 Å². The number of para-hydroxylation sites is 1. The number of nitro benzene ring substituents is 1. The minimum atomic E-state index is -0.502. The lowest BCUT2D eigenvalue weighted by Gasteiger charge is -2.03. The van der Waals surface area contributed by atoms with Crippen LogP contribution in [0.5, 0.6) is 5.75 Å². The number of hydrogen-bond acceptors (Lipinski definition) is 5. The summed E-state index contributed by atoms with van der Waals surface area (Å²) in [6.45, 7) is 0. The van der Waals surface area contributed by atoms with E-state index in [9.17, 15) is 20.3 Å². The van der Waals surface area contributed by atoms with Crippen LogP contribution in [-0.4, -0.2) is 20.1 Å². The SMILES string of the molecule is O=[N+]([O-])c1ccc(/C(O)=C\c2ccc3cccc(O)c3n2)cc1. The van der Waals surface area contributed by atoms with E-state index >= 15 is 0 Å². The van der Waals surface area contributed by atoms with Gasteiger partial charge in [-0.3, -0.25) is 10.1 Å². The van der Waals surface area contributed by atoms with E-state index in [-0.39, 0.29) is 17.2 Å². The Morgan fingerprint density at radius 1 is 1.09 bits per heavy atom. The fourth-order valence-corrected chi connectivity index (χ4v) is 2.20. The van der Waals surface area contributed by atoms with Crippen LogP contribution in [0.25, 0.3) is 22.7 Å². The molecule has 0 bridgehead atoms. The third-order valence-electron chi connectivity index (χ3n) is 3.38. The summed E-state index contributed by atoms with van der Waals surface area (Å²) in [7, 11) is 0. The number of nitro groups is 1. The molecule has 0 saturated heterocycles. The van der Waals surface area contributed by atoms with E-state index in [2.05, 4.69) is 4.98 Å². The molecule has 0 saturated carbocycles. The predicted octanol–water partition coefficient (Wildman–Crippen LogP) is 3.90. The average Bonchev–Trinajstić information content (AvgIpc) is 2.55. The van der Waals surface area contributed by atoms with Crippen molar-refractivity contribution in [3.05, 3.63) is 76.0 Å². The van der Waals surface area contributed by atoms with Crippen molar-refractivity contribution in [1.29, 1.82) is 0 Å². The number of non-ortho nitro benzene ring substituents is 1. The van der Waals surface area contributed by atoms with Crippen molar-refractivity contribution in [2.75, 3.05) is 0 Å². The van der Waals surface area contributed by atoms with Gasteiger partial charge in [-0.2, -0.15) is 0 Å². The lowest BCUT2D eigenvalue weighted by Crippen LogP contribution is -1.90. The molecule has 0 radical (unpaired) electrons. The number of aliphatic hydroxyl groups excluding tert-OH is 1. The highest BCUT2D eigenvalue weighted by molar-refractivity contribution is 5.86. The predicted molar refractivity (Wildman–Crippen MR) is 87.0 cm³/mol. The normalized spacial score (nSPS) is 11.6. The maximum Gasteiger partial charge on any atom is 0.269 e. The van der Waals surface area contributed by atoms with Crippen LogP contribution in [0.3, 0.4) is 0 Å². The molecular formula is C17H12N2O4. The second-order valence-corrected chi connectivity index (χ2v) is 4.92. The molecule has 114 valence electrons. The van der Waals surface area contributed by atoms with Gasteiger partial charge >= 0.3 is 0 Å². The topological polar surface area (TPSA) is 96.5 Å². The first-order valence-electron chi connectivity index (χ1n) is 6.79. The van der Waals surface area contributed by atoms with E-state index in [1.54, 1.807) is 24.3 Å². The van der Waals surface area contributed by atoms with Gasteiger partial charge in [0.15, 0.2) is 0 Å². The lowest BCUT2D eigenvalue weighted by molar-refractivity contribution is -0.384. The molecule has 2 aromatic carbocycles. The molecule has 1 aromatic heterocycles. The second kappa shape index (κ2) is 5.76. The zero-order valence-electron chi connectivity index (χ0n) is 11.9. The molecule has 2 N–H and O–H groups in total. The van der Waals surface area contributed by atoms with Gasteiger partial charge in [0.25, 0.3) is 5.69 Å². The van der Waals surface area contributed by atoms with Crippen molar-refractivity contribution >= 4 is 28.4 Å². The van der Waals surface area contributed by atoms with Crippen LogP contribution >= 0.6 is 0 Å². The molecule has 23 heavy (non-hydrogen) atoms. The fraction of sp³-hybridized carbons (Fsp3) is 0. The number of aromatic hydroxyl groups is 1. The number of benzene rings is 2. The minimum Gasteiger partial charge on any atom is -0.507 e. The number of rotatable bonds is 3. The van der Waals surface area contributed by atoms with Crippen LogP contribution in [0.1, 0.15) is 11.3 Å². The van der Waals surface area contributed by atoms with Crippen LogP contribution in [-0.2, 0) is 0 Å². The van der Waals surface area contributed by atoms with E-state index in [0.717, 1.165) is 5.39 Å². The van der Waals surface area contributed by atoms with Crippen LogP contribution in [0.15, 0.2) is 54.6 Å². The quantitative estimate of drug-likeness (QED) is 0.434. The summed E-state index contributed by atoms with van der Waals surface area (Å²) >= 11 is 0. The molecule has 6 nitrogen and oxygen atoms in total. The highest BCUT2D eigenvalue weighted by Crippen LogP contribution is 2.24. The number of nitrogens with zero attached hydrogens (tertiary/aromatic N) is 2. The Bertz CT molecular complexity index is 918. The Morgan fingerprint density at radius 3 is 2.52 bits per heavy atom. The maximum atomic E-state index is 10.6.